The molecule has 20 heavy (non-hydrogen) atoms. The predicted octanol–water partition coefficient (Wildman–Crippen LogP) is 1.11. The van der Waals surface area contributed by atoms with Crippen LogP contribution in [0.15, 0.2) is 12.5 Å². The van der Waals surface area contributed by atoms with Crippen LogP contribution in [0.3, 0.4) is 0 Å². The summed E-state index contributed by atoms with van der Waals surface area (Å²) in [5, 5.41) is 12.0. The third kappa shape index (κ3) is 3.57. The molecule has 7 nitrogen and oxygen atoms in total. The summed E-state index contributed by atoms with van der Waals surface area (Å²) in [6, 6.07) is -0.184. The lowest BCUT2D eigenvalue weighted by molar-refractivity contribution is 0.202. The summed E-state index contributed by atoms with van der Waals surface area (Å²) in [6.45, 7) is 1.53. The van der Waals surface area contributed by atoms with E-state index in [4.69, 9.17) is 4.74 Å². The molecular formula is C13H20N4O3. The highest BCUT2D eigenvalue weighted by Crippen LogP contribution is 2.21. The summed E-state index contributed by atoms with van der Waals surface area (Å²) in [4.78, 5) is 21.8. The summed E-state index contributed by atoms with van der Waals surface area (Å²) < 4.78 is 5.08. The van der Waals surface area contributed by atoms with Gasteiger partial charge in [0.15, 0.2) is 0 Å². The molecule has 1 aromatic heterocycles. The number of carbonyl (C=O) groups is 1. The summed E-state index contributed by atoms with van der Waals surface area (Å²) in [5.41, 5.74) is 0.461. The number of aliphatic hydroxyl groups excluding tert-OH is 1. The molecule has 1 saturated heterocycles. The van der Waals surface area contributed by atoms with Gasteiger partial charge in [0.25, 0.3) is 0 Å². The van der Waals surface area contributed by atoms with Crippen LogP contribution in [0.25, 0.3) is 0 Å². The molecule has 0 saturated carbocycles. The number of aromatic nitrogens is 2. The summed E-state index contributed by atoms with van der Waals surface area (Å²) in [5.74, 6) is 0.638. The summed E-state index contributed by atoms with van der Waals surface area (Å²) >= 11 is 0. The van der Waals surface area contributed by atoms with Gasteiger partial charge in [0.2, 0.25) is 5.88 Å². The van der Waals surface area contributed by atoms with Gasteiger partial charge in [-0.2, -0.15) is 4.98 Å². The van der Waals surface area contributed by atoms with E-state index in [0.29, 0.717) is 30.6 Å². The Balaban J connectivity index is 1.97. The van der Waals surface area contributed by atoms with Crippen molar-refractivity contribution >= 4 is 11.7 Å². The van der Waals surface area contributed by atoms with Crippen LogP contribution in [0.5, 0.6) is 5.88 Å². The van der Waals surface area contributed by atoms with E-state index in [1.165, 1.54) is 19.6 Å². The maximum absolute atomic E-state index is 12.2. The number of urea groups is 1. The van der Waals surface area contributed by atoms with E-state index in [2.05, 4.69) is 15.3 Å². The van der Waals surface area contributed by atoms with E-state index in [-0.39, 0.29) is 12.6 Å². The van der Waals surface area contributed by atoms with E-state index >= 15 is 0 Å². The molecule has 7 heteroatoms. The first-order chi connectivity index (χ1) is 9.74. The van der Waals surface area contributed by atoms with Crippen molar-refractivity contribution in [3.05, 3.63) is 12.5 Å². The molecule has 2 rings (SSSR count). The van der Waals surface area contributed by atoms with Crippen molar-refractivity contribution in [1.29, 1.82) is 0 Å². The molecule has 1 aliphatic heterocycles. The Morgan fingerprint density at radius 2 is 2.40 bits per heavy atom. The molecule has 0 aromatic carbocycles. The van der Waals surface area contributed by atoms with Crippen LogP contribution < -0.4 is 10.1 Å². The minimum Gasteiger partial charge on any atom is -0.479 e. The molecule has 1 fully saturated rings. The first kappa shape index (κ1) is 14.5. The van der Waals surface area contributed by atoms with Gasteiger partial charge in [-0.15, -0.1) is 0 Å². The Hall–Kier alpha value is -1.89. The normalized spacial score (nSPS) is 19.3. The van der Waals surface area contributed by atoms with Crippen LogP contribution in [0.2, 0.25) is 0 Å². The first-order valence-corrected chi connectivity index (χ1v) is 6.75. The van der Waals surface area contributed by atoms with Crippen LogP contribution in [0.1, 0.15) is 19.3 Å². The third-order valence-corrected chi connectivity index (χ3v) is 3.50. The molecule has 1 aromatic rings. The molecule has 2 heterocycles. The minimum absolute atomic E-state index is 0.184. The monoisotopic (exact) mass is 280 g/mol. The van der Waals surface area contributed by atoms with Crippen LogP contribution in [-0.4, -0.2) is 52.8 Å². The number of likely N-dealkylation sites (tertiary alicyclic amines) is 1. The van der Waals surface area contributed by atoms with Crippen molar-refractivity contribution in [3.8, 4) is 5.88 Å². The number of ether oxygens (including phenoxy) is 1. The first-order valence-electron chi connectivity index (χ1n) is 6.75. The van der Waals surface area contributed by atoms with Gasteiger partial charge in [-0.05, 0) is 25.2 Å². The van der Waals surface area contributed by atoms with Gasteiger partial charge in [-0.1, -0.05) is 0 Å². The van der Waals surface area contributed by atoms with Gasteiger partial charge in [-0.25, -0.2) is 9.78 Å². The van der Waals surface area contributed by atoms with Crippen LogP contribution in [-0.2, 0) is 0 Å². The molecule has 110 valence electrons. The van der Waals surface area contributed by atoms with Crippen LogP contribution in [0.4, 0.5) is 10.5 Å². The van der Waals surface area contributed by atoms with Crippen molar-refractivity contribution in [2.24, 2.45) is 5.92 Å². The van der Waals surface area contributed by atoms with Crippen molar-refractivity contribution < 1.29 is 14.6 Å². The van der Waals surface area contributed by atoms with Crippen molar-refractivity contribution in [2.45, 2.75) is 19.3 Å². The molecule has 1 aliphatic rings. The molecule has 1 unspecified atom stereocenters. The van der Waals surface area contributed by atoms with E-state index < -0.39 is 0 Å². The zero-order chi connectivity index (χ0) is 14.4. The lowest BCUT2D eigenvalue weighted by Gasteiger charge is -2.21. The average Bonchev–Trinajstić information content (AvgIpc) is 2.73. The number of nitrogens with one attached hydrogen (secondary N) is 1. The van der Waals surface area contributed by atoms with Crippen molar-refractivity contribution in [1.82, 2.24) is 14.9 Å². The zero-order valence-electron chi connectivity index (χ0n) is 11.6. The zero-order valence-corrected chi connectivity index (χ0v) is 11.6. The second-order valence-electron chi connectivity index (χ2n) is 4.84. The summed E-state index contributed by atoms with van der Waals surface area (Å²) in [6.07, 6.45) is 5.57. The fourth-order valence-corrected chi connectivity index (χ4v) is 2.31. The number of hydrogen-bond acceptors (Lipinski definition) is 5. The number of aliphatic hydroxyl groups is 1. The van der Waals surface area contributed by atoms with Gasteiger partial charge in [0.05, 0.1) is 13.3 Å². The number of rotatable bonds is 3. The van der Waals surface area contributed by atoms with E-state index in [0.717, 1.165) is 19.3 Å². The smallest absolute Gasteiger partial charge is 0.322 e. The fraction of sp³-hybridized carbons (Fsp3) is 0.615. The van der Waals surface area contributed by atoms with E-state index in [1.54, 1.807) is 4.90 Å². The molecule has 1 atom stereocenters. The molecule has 0 spiro atoms. The van der Waals surface area contributed by atoms with Crippen molar-refractivity contribution in [3.63, 3.8) is 0 Å². The number of hydrogen-bond donors (Lipinski definition) is 2. The number of nitrogens with zero attached hydrogens (tertiary/aromatic N) is 3. The standard InChI is InChI=1S/C13H20N4O3/c1-20-12-11(7-14-9-15-12)16-13(19)17-5-2-3-10(8-18)4-6-17/h7,9-10,18H,2-6,8H2,1H3,(H,16,19). The largest absolute Gasteiger partial charge is 0.479 e. The molecular weight excluding hydrogens is 260 g/mol. The number of methoxy groups -OCH3 is 1. The van der Waals surface area contributed by atoms with Gasteiger partial charge >= 0.3 is 6.03 Å². The highest BCUT2D eigenvalue weighted by molar-refractivity contribution is 5.90. The van der Waals surface area contributed by atoms with Gasteiger partial charge < -0.3 is 20.1 Å². The Labute approximate surface area is 118 Å². The molecule has 0 radical (unpaired) electrons. The SMILES string of the molecule is COc1ncncc1NC(=O)N1CCCC(CO)CC1. The number of anilines is 1. The van der Waals surface area contributed by atoms with Crippen LogP contribution in [0, 0.1) is 5.92 Å². The molecule has 2 amide bonds. The molecule has 2 N–H and O–H groups in total. The molecule has 0 aliphatic carbocycles. The highest BCUT2D eigenvalue weighted by atomic mass is 16.5. The summed E-state index contributed by atoms with van der Waals surface area (Å²) in [7, 11) is 1.50. The van der Waals surface area contributed by atoms with Gasteiger partial charge in [-0.3, -0.25) is 0 Å². The highest BCUT2D eigenvalue weighted by Gasteiger charge is 2.21. The predicted molar refractivity (Wildman–Crippen MR) is 73.6 cm³/mol. The van der Waals surface area contributed by atoms with Gasteiger partial charge in [0.1, 0.15) is 12.0 Å². The molecule has 0 bridgehead atoms. The number of carbonyl (C=O) groups excluding carboxylic acids is 1. The third-order valence-electron chi connectivity index (χ3n) is 3.50. The lowest BCUT2D eigenvalue weighted by Crippen LogP contribution is -2.36. The number of amides is 2. The maximum atomic E-state index is 12.2. The lowest BCUT2D eigenvalue weighted by atomic mass is 10.0. The maximum Gasteiger partial charge on any atom is 0.322 e. The average molecular weight is 280 g/mol. The van der Waals surface area contributed by atoms with Crippen molar-refractivity contribution in [2.75, 3.05) is 32.1 Å². The van der Waals surface area contributed by atoms with Crippen LogP contribution >= 0.6 is 0 Å². The van der Waals surface area contributed by atoms with E-state index in [9.17, 15) is 9.90 Å². The minimum atomic E-state index is -0.184. The second kappa shape index (κ2) is 7.04. The topological polar surface area (TPSA) is 87.6 Å². The van der Waals surface area contributed by atoms with E-state index in [1.807, 2.05) is 0 Å². The second-order valence-corrected chi connectivity index (χ2v) is 4.84. The fourth-order valence-electron chi connectivity index (χ4n) is 2.31. The Morgan fingerprint density at radius 1 is 1.55 bits per heavy atom. The Morgan fingerprint density at radius 3 is 3.15 bits per heavy atom. The Bertz CT molecular complexity index is 455. The Kier molecular flexibility index (Phi) is 5.11. The quantitative estimate of drug-likeness (QED) is 0.866. The van der Waals surface area contributed by atoms with Gasteiger partial charge in [0, 0.05) is 19.7 Å².